The number of carbonyl (C=O) groups is 1. The molecule has 170 valence electrons. The summed E-state index contributed by atoms with van der Waals surface area (Å²) in [6.45, 7) is 6.19. The van der Waals surface area contributed by atoms with Crippen LogP contribution in [-0.4, -0.2) is 37.6 Å². The fourth-order valence-corrected chi connectivity index (χ4v) is 4.99. The third-order valence-electron chi connectivity index (χ3n) is 5.41. The van der Waals surface area contributed by atoms with E-state index >= 15 is 0 Å². The van der Waals surface area contributed by atoms with E-state index in [0.29, 0.717) is 32.7 Å². The highest BCUT2D eigenvalue weighted by Gasteiger charge is 2.35. The van der Waals surface area contributed by atoms with E-state index in [-0.39, 0.29) is 17.7 Å². The van der Waals surface area contributed by atoms with Gasteiger partial charge in [0.2, 0.25) is 0 Å². The second-order valence-electron chi connectivity index (χ2n) is 7.60. The zero-order valence-corrected chi connectivity index (χ0v) is 20.3. The molecular weight excluding hydrogens is 457 g/mol. The summed E-state index contributed by atoms with van der Waals surface area (Å²) < 4.78 is 22.2. The van der Waals surface area contributed by atoms with Gasteiger partial charge in [0.1, 0.15) is 10.0 Å². The first-order valence-corrected chi connectivity index (χ1v) is 12.0. The SMILES string of the molecule is CCOc1ccc(-c2nn(-c3ccccc3)cc2/C=C2/SC(=S)N(C(C)CC)C2=O)cc1F. The normalized spacial score (nSPS) is 16.0. The number of nitrogens with zero attached hydrogens (tertiary/aromatic N) is 3. The van der Waals surface area contributed by atoms with Crippen molar-refractivity contribution in [2.75, 3.05) is 6.61 Å². The topological polar surface area (TPSA) is 47.4 Å². The first kappa shape index (κ1) is 23.2. The maximum Gasteiger partial charge on any atom is 0.266 e. The smallest absolute Gasteiger partial charge is 0.266 e. The van der Waals surface area contributed by atoms with Crippen LogP contribution in [0.2, 0.25) is 0 Å². The number of hydrogen-bond acceptors (Lipinski definition) is 5. The summed E-state index contributed by atoms with van der Waals surface area (Å²) in [6.07, 6.45) is 4.44. The Hall–Kier alpha value is -2.97. The van der Waals surface area contributed by atoms with Gasteiger partial charge in [-0.15, -0.1) is 0 Å². The van der Waals surface area contributed by atoms with Crippen LogP contribution in [0.3, 0.4) is 0 Å². The van der Waals surface area contributed by atoms with Crippen LogP contribution >= 0.6 is 24.0 Å². The first-order chi connectivity index (χ1) is 15.9. The molecule has 0 saturated carbocycles. The lowest BCUT2D eigenvalue weighted by atomic mass is 10.1. The predicted molar refractivity (Wildman–Crippen MR) is 135 cm³/mol. The van der Waals surface area contributed by atoms with E-state index in [1.807, 2.05) is 57.3 Å². The summed E-state index contributed by atoms with van der Waals surface area (Å²) >= 11 is 6.74. The second-order valence-corrected chi connectivity index (χ2v) is 9.28. The van der Waals surface area contributed by atoms with Crippen molar-refractivity contribution >= 4 is 40.3 Å². The molecule has 0 radical (unpaired) electrons. The number of hydrogen-bond donors (Lipinski definition) is 0. The van der Waals surface area contributed by atoms with E-state index in [4.69, 9.17) is 22.1 Å². The van der Waals surface area contributed by atoms with Gasteiger partial charge >= 0.3 is 0 Å². The van der Waals surface area contributed by atoms with Crippen LogP contribution in [-0.2, 0) is 4.79 Å². The van der Waals surface area contributed by atoms with Gasteiger partial charge in [0.05, 0.1) is 17.2 Å². The van der Waals surface area contributed by atoms with Crippen LogP contribution in [0.1, 0.15) is 32.8 Å². The van der Waals surface area contributed by atoms with E-state index in [9.17, 15) is 9.18 Å². The summed E-state index contributed by atoms with van der Waals surface area (Å²) in [5, 5.41) is 4.72. The maximum absolute atomic E-state index is 14.6. The van der Waals surface area contributed by atoms with Crippen molar-refractivity contribution in [1.29, 1.82) is 0 Å². The van der Waals surface area contributed by atoms with Crippen LogP contribution in [0, 0.1) is 5.82 Å². The molecule has 33 heavy (non-hydrogen) atoms. The Morgan fingerprint density at radius 3 is 2.64 bits per heavy atom. The number of halogens is 1. The summed E-state index contributed by atoms with van der Waals surface area (Å²) in [7, 11) is 0. The minimum Gasteiger partial charge on any atom is -0.491 e. The lowest BCUT2D eigenvalue weighted by Gasteiger charge is -2.21. The highest BCUT2D eigenvalue weighted by Crippen LogP contribution is 2.36. The molecule has 0 aliphatic carbocycles. The minimum absolute atomic E-state index is 0.0233. The van der Waals surface area contributed by atoms with Gasteiger partial charge in [0.15, 0.2) is 11.6 Å². The molecule has 0 bridgehead atoms. The Morgan fingerprint density at radius 2 is 1.97 bits per heavy atom. The first-order valence-electron chi connectivity index (χ1n) is 10.8. The molecule has 1 amide bonds. The van der Waals surface area contributed by atoms with Crippen LogP contribution in [0.25, 0.3) is 23.0 Å². The van der Waals surface area contributed by atoms with E-state index in [1.54, 1.807) is 27.8 Å². The number of benzene rings is 2. The Labute approximate surface area is 202 Å². The largest absolute Gasteiger partial charge is 0.491 e. The zero-order chi connectivity index (χ0) is 23.5. The molecule has 1 aliphatic rings. The monoisotopic (exact) mass is 481 g/mol. The van der Waals surface area contributed by atoms with Crippen molar-refractivity contribution in [3.05, 3.63) is 71.0 Å². The number of carbonyl (C=O) groups excluding carboxylic acids is 1. The quantitative estimate of drug-likeness (QED) is 0.302. The van der Waals surface area contributed by atoms with Gasteiger partial charge in [-0.05, 0) is 56.7 Å². The molecule has 1 atom stereocenters. The number of ether oxygens (including phenoxy) is 1. The lowest BCUT2D eigenvalue weighted by Crippen LogP contribution is -2.36. The van der Waals surface area contributed by atoms with Crippen LogP contribution in [0.5, 0.6) is 5.75 Å². The number of aromatic nitrogens is 2. The van der Waals surface area contributed by atoms with E-state index in [0.717, 1.165) is 12.1 Å². The van der Waals surface area contributed by atoms with Crippen molar-refractivity contribution in [3.63, 3.8) is 0 Å². The Balaban J connectivity index is 1.80. The number of para-hydroxylation sites is 1. The molecule has 1 unspecified atom stereocenters. The Kier molecular flexibility index (Phi) is 6.95. The second kappa shape index (κ2) is 9.89. The van der Waals surface area contributed by atoms with Gasteiger partial charge < -0.3 is 4.74 Å². The fourth-order valence-electron chi connectivity index (χ4n) is 3.53. The average Bonchev–Trinajstić information content (AvgIpc) is 3.36. The molecular formula is C25H24FN3O2S2. The number of rotatable bonds is 7. The van der Waals surface area contributed by atoms with Gasteiger partial charge in [0.25, 0.3) is 5.91 Å². The average molecular weight is 482 g/mol. The number of thiocarbonyl (C=S) groups is 1. The molecule has 1 aliphatic heterocycles. The van der Waals surface area contributed by atoms with Crippen molar-refractivity contribution in [3.8, 4) is 22.7 Å². The third kappa shape index (κ3) is 4.72. The summed E-state index contributed by atoms with van der Waals surface area (Å²) in [5.74, 6) is -0.381. The molecule has 0 spiro atoms. The van der Waals surface area contributed by atoms with Crippen molar-refractivity contribution < 1.29 is 13.9 Å². The highest BCUT2D eigenvalue weighted by atomic mass is 32.2. The van der Waals surface area contributed by atoms with Gasteiger partial charge in [-0.1, -0.05) is 49.1 Å². The van der Waals surface area contributed by atoms with Crippen molar-refractivity contribution in [2.24, 2.45) is 0 Å². The molecule has 4 rings (SSSR count). The van der Waals surface area contributed by atoms with Crippen LogP contribution in [0.4, 0.5) is 4.39 Å². The molecule has 2 aromatic carbocycles. The molecule has 1 fully saturated rings. The lowest BCUT2D eigenvalue weighted by molar-refractivity contribution is -0.123. The summed E-state index contributed by atoms with van der Waals surface area (Å²) in [6, 6.07) is 14.4. The van der Waals surface area contributed by atoms with E-state index in [1.165, 1.54) is 17.8 Å². The Bertz CT molecular complexity index is 1220. The van der Waals surface area contributed by atoms with Gasteiger partial charge in [-0.2, -0.15) is 5.10 Å². The number of amides is 1. The minimum atomic E-state index is -0.461. The summed E-state index contributed by atoms with van der Waals surface area (Å²) in [5.41, 5.74) is 2.72. The molecule has 2 heterocycles. The fraction of sp³-hybridized carbons (Fsp3) is 0.240. The number of thioether (sulfide) groups is 1. The molecule has 8 heteroatoms. The van der Waals surface area contributed by atoms with Gasteiger partial charge in [0, 0.05) is 23.4 Å². The summed E-state index contributed by atoms with van der Waals surface area (Å²) in [4.78, 5) is 15.2. The highest BCUT2D eigenvalue weighted by molar-refractivity contribution is 8.26. The van der Waals surface area contributed by atoms with Gasteiger partial charge in [-0.3, -0.25) is 9.69 Å². The standard InChI is InChI=1S/C25H24FN3O2S2/c1-4-16(3)29-24(30)22(33-25(29)32)14-18-15-28(19-9-7-6-8-10-19)27-23(18)17-11-12-21(31-5-2)20(26)13-17/h6-16H,4-5H2,1-3H3/b22-14+. The maximum atomic E-state index is 14.6. The predicted octanol–water partition coefficient (Wildman–Crippen LogP) is 6.08. The molecule has 3 aromatic rings. The third-order valence-corrected chi connectivity index (χ3v) is 6.74. The van der Waals surface area contributed by atoms with Crippen molar-refractivity contribution in [2.45, 2.75) is 33.2 Å². The molecule has 1 saturated heterocycles. The molecule has 0 N–H and O–H groups in total. The van der Waals surface area contributed by atoms with E-state index in [2.05, 4.69) is 0 Å². The van der Waals surface area contributed by atoms with Crippen LogP contribution < -0.4 is 4.74 Å². The van der Waals surface area contributed by atoms with Crippen molar-refractivity contribution in [1.82, 2.24) is 14.7 Å². The zero-order valence-electron chi connectivity index (χ0n) is 18.6. The molecule has 5 nitrogen and oxygen atoms in total. The Morgan fingerprint density at radius 1 is 1.21 bits per heavy atom. The van der Waals surface area contributed by atoms with Gasteiger partial charge in [-0.25, -0.2) is 9.07 Å². The van der Waals surface area contributed by atoms with E-state index < -0.39 is 5.82 Å². The molecule has 1 aromatic heterocycles. The van der Waals surface area contributed by atoms with Crippen LogP contribution in [0.15, 0.2) is 59.6 Å².